The third-order valence-corrected chi connectivity index (χ3v) is 7.98. The predicted molar refractivity (Wildman–Crippen MR) is 146 cm³/mol. The highest BCUT2D eigenvalue weighted by Gasteiger charge is 2.36. The number of ether oxygens (including phenoxy) is 1. The molecule has 1 fully saturated rings. The van der Waals surface area contributed by atoms with Gasteiger partial charge in [-0.25, -0.2) is 4.39 Å². The number of halogens is 6. The van der Waals surface area contributed by atoms with Crippen LogP contribution in [0.4, 0.5) is 9.18 Å². The van der Waals surface area contributed by atoms with E-state index in [0.717, 1.165) is 22.2 Å². The first-order chi connectivity index (χ1) is 16.6. The number of benzene rings is 3. The van der Waals surface area contributed by atoms with Crippen molar-refractivity contribution in [3.05, 3.63) is 100.0 Å². The number of hydrogen-bond acceptors (Lipinski definition) is 4. The second-order valence-corrected chi connectivity index (χ2v) is 11.3. The molecule has 1 aliphatic heterocycles. The van der Waals surface area contributed by atoms with Crippen LogP contribution in [-0.2, 0) is 17.9 Å². The molecule has 0 aromatic heterocycles. The van der Waals surface area contributed by atoms with Crippen LogP contribution in [0.5, 0.6) is 5.75 Å². The van der Waals surface area contributed by atoms with E-state index in [0.29, 0.717) is 30.3 Å². The van der Waals surface area contributed by atoms with Crippen molar-refractivity contribution >= 4 is 95.6 Å². The van der Waals surface area contributed by atoms with Gasteiger partial charge in [-0.1, -0.05) is 46.9 Å². The lowest BCUT2D eigenvalue weighted by Gasteiger charge is -2.14. The smallest absolute Gasteiger partial charge is 0.293 e. The fourth-order valence-corrected chi connectivity index (χ4v) is 6.19. The summed E-state index contributed by atoms with van der Waals surface area (Å²) < 4.78 is 21.3. The first-order valence-corrected chi connectivity index (χ1v) is 13.4. The van der Waals surface area contributed by atoms with Crippen LogP contribution in [-0.4, -0.2) is 16.0 Å². The molecule has 4 nitrogen and oxygen atoms in total. The lowest BCUT2D eigenvalue weighted by molar-refractivity contribution is -0.123. The average molecular weight is 681 g/mol. The summed E-state index contributed by atoms with van der Waals surface area (Å²) in [6, 6.07) is 12.9. The fraction of sp³-hybridized carbons (Fsp3) is 0.0833. The number of hydrogen-bond donors (Lipinski definition) is 0. The Bertz CT molecular complexity index is 1340. The largest absolute Gasteiger partial charge is 0.486 e. The number of nitrogens with zero attached hydrogens (tertiary/aromatic N) is 1. The van der Waals surface area contributed by atoms with Gasteiger partial charge in [0.05, 0.1) is 20.4 Å². The van der Waals surface area contributed by atoms with E-state index in [1.54, 1.807) is 36.4 Å². The number of amides is 2. The Kier molecular flexibility index (Phi) is 8.51. The highest BCUT2D eigenvalue weighted by atomic mass is 79.9. The molecule has 4 rings (SSSR count). The van der Waals surface area contributed by atoms with Crippen LogP contribution in [0.15, 0.2) is 62.4 Å². The molecular formula is C24H13Br2Cl3FNO3S. The van der Waals surface area contributed by atoms with Crippen molar-refractivity contribution in [2.24, 2.45) is 0 Å². The molecule has 0 bridgehead atoms. The zero-order chi connectivity index (χ0) is 25.3. The summed E-state index contributed by atoms with van der Waals surface area (Å²) in [5.41, 5.74) is 1.50. The van der Waals surface area contributed by atoms with E-state index in [1.165, 1.54) is 18.2 Å². The van der Waals surface area contributed by atoms with Crippen LogP contribution >= 0.6 is 78.4 Å². The Morgan fingerprint density at radius 3 is 2.37 bits per heavy atom. The van der Waals surface area contributed by atoms with Crippen LogP contribution in [0.2, 0.25) is 15.1 Å². The Labute approximate surface area is 236 Å². The fourth-order valence-electron chi connectivity index (χ4n) is 3.22. The SMILES string of the molecule is O=C1S/C(=C/c2cc(Br)c(OCc3ccc(Cl)cc3Cl)c(Br)c2)C(=O)N1Cc1c(F)cccc1Cl. The number of rotatable bonds is 6. The molecule has 3 aromatic carbocycles. The molecular weight excluding hydrogens is 667 g/mol. The van der Waals surface area contributed by atoms with Crippen molar-refractivity contribution in [1.29, 1.82) is 0 Å². The van der Waals surface area contributed by atoms with Gasteiger partial charge in [-0.2, -0.15) is 0 Å². The summed E-state index contributed by atoms with van der Waals surface area (Å²) in [7, 11) is 0. The molecule has 0 aliphatic carbocycles. The standard InChI is InChI=1S/C24H13Br2Cl3FNO3S/c25-16-6-12(7-17(26)22(16)34-11-13-4-5-14(27)9-19(13)29)8-21-23(32)31(24(33)35-21)10-15-18(28)2-1-3-20(15)30/h1-9H,10-11H2/b21-8+. The molecule has 35 heavy (non-hydrogen) atoms. The van der Waals surface area contributed by atoms with Crippen molar-refractivity contribution < 1.29 is 18.7 Å². The Morgan fingerprint density at radius 1 is 1.00 bits per heavy atom. The Hall–Kier alpha value is -1.55. The van der Waals surface area contributed by atoms with Gasteiger partial charge in [0.15, 0.2) is 0 Å². The zero-order valence-electron chi connectivity index (χ0n) is 17.5. The average Bonchev–Trinajstić information content (AvgIpc) is 3.04. The van der Waals surface area contributed by atoms with E-state index in [2.05, 4.69) is 31.9 Å². The summed E-state index contributed by atoms with van der Waals surface area (Å²) >= 11 is 26.0. The van der Waals surface area contributed by atoms with Crippen molar-refractivity contribution in [1.82, 2.24) is 4.90 Å². The maximum Gasteiger partial charge on any atom is 0.293 e. The van der Waals surface area contributed by atoms with Crippen molar-refractivity contribution in [3.8, 4) is 5.75 Å². The van der Waals surface area contributed by atoms with E-state index in [9.17, 15) is 14.0 Å². The van der Waals surface area contributed by atoms with Crippen molar-refractivity contribution in [2.45, 2.75) is 13.2 Å². The molecule has 0 spiro atoms. The van der Waals surface area contributed by atoms with Crippen LogP contribution < -0.4 is 4.74 Å². The molecule has 1 saturated heterocycles. The van der Waals surface area contributed by atoms with Gasteiger partial charge in [0.25, 0.3) is 11.1 Å². The minimum absolute atomic E-state index is 0.0884. The highest BCUT2D eigenvalue weighted by Crippen LogP contribution is 2.39. The van der Waals surface area contributed by atoms with Crippen molar-refractivity contribution in [3.63, 3.8) is 0 Å². The van der Waals surface area contributed by atoms with E-state index < -0.39 is 17.0 Å². The molecule has 0 atom stereocenters. The number of carbonyl (C=O) groups excluding carboxylic acids is 2. The predicted octanol–water partition coefficient (Wildman–Crippen LogP) is 9.13. The highest BCUT2D eigenvalue weighted by molar-refractivity contribution is 9.11. The molecule has 3 aromatic rings. The molecule has 0 unspecified atom stereocenters. The lowest BCUT2D eigenvalue weighted by atomic mass is 10.2. The molecule has 1 heterocycles. The zero-order valence-corrected chi connectivity index (χ0v) is 23.7. The van der Waals surface area contributed by atoms with Crippen LogP contribution in [0.3, 0.4) is 0 Å². The number of thioether (sulfide) groups is 1. The third kappa shape index (κ3) is 6.06. The molecule has 180 valence electrons. The van der Waals surface area contributed by atoms with Gasteiger partial charge in [0.2, 0.25) is 0 Å². The lowest BCUT2D eigenvalue weighted by Crippen LogP contribution is -2.28. The van der Waals surface area contributed by atoms with E-state index >= 15 is 0 Å². The van der Waals surface area contributed by atoms with Crippen LogP contribution in [0.1, 0.15) is 16.7 Å². The summed E-state index contributed by atoms with van der Waals surface area (Å²) in [5.74, 6) is -0.566. The van der Waals surface area contributed by atoms with Gasteiger partial charge in [0, 0.05) is 26.2 Å². The maximum atomic E-state index is 14.1. The Balaban J connectivity index is 1.52. The monoisotopic (exact) mass is 677 g/mol. The summed E-state index contributed by atoms with van der Waals surface area (Å²) in [5, 5.41) is 0.676. The molecule has 0 radical (unpaired) electrons. The topological polar surface area (TPSA) is 46.6 Å². The van der Waals surface area contributed by atoms with Gasteiger partial charge in [0.1, 0.15) is 18.2 Å². The molecule has 0 saturated carbocycles. The van der Waals surface area contributed by atoms with E-state index in [1.807, 2.05) is 0 Å². The van der Waals surface area contributed by atoms with E-state index in [4.69, 9.17) is 39.5 Å². The first-order valence-electron chi connectivity index (χ1n) is 9.88. The van der Waals surface area contributed by atoms with Gasteiger partial charge in [-0.3, -0.25) is 14.5 Å². The van der Waals surface area contributed by atoms with Gasteiger partial charge < -0.3 is 4.74 Å². The van der Waals surface area contributed by atoms with Gasteiger partial charge in [-0.15, -0.1) is 0 Å². The molecule has 11 heteroatoms. The van der Waals surface area contributed by atoms with Crippen molar-refractivity contribution in [2.75, 3.05) is 0 Å². The number of carbonyl (C=O) groups is 2. The summed E-state index contributed by atoms with van der Waals surface area (Å²) in [4.78, 5) is 26.5. The third-order valence-electron chi connectivity index (χ3n) is 4.96. The maximum absolute atomic E-state index is 14.1. The normalized spacial score (nSPS) is 14.8. The second-order valence-electron chi connectivity index (χ2n) is 7.31. The van der Waals surface area contributed by atoms with Crippen LogP contribution in [0, 0.1) is 5.82 Å². The quantitative estimate of drug-likeness (QED) is 0.244. The molecule has 2 amide bonds. The van der Waals surface area contributed by atoms with Gasteiger partial charge in [-0.05, 0) is 91.7 Å². The minimum atomic E-state index is -0.580. The summed E-state index contributed by atoms with van der Waals surface area (Å²) in [6.07, 6.45) is 1.59. The molecule has 1 aliphatic rings. The summed E-state index contributed by atoms with van der Waals surface area (Å²) in [6.45, 7) is -0.0367. The minimum Gasteiger partial charge on any atom is -0.486 e. The van der Waals surface area contributed by atoms with Crippen LogP contribution in [0.25, 0.3) is 6.08 Å². The van der Waals surface area contributed by atoms with E-state index in [-0.39, 0.29) is 28.6 Å². The molecule has 0 N–H and O–H groups in total. The second kappa shape index (κ2) is 11.2. The number of imide groups is 1. The van der Waals surface area contributed by atoms with Gasteiger partial charge >= 0.3 is 0 Å². The Morgan fingerprint density at radius 2 is 1.71 bits per heavy atom. The first kappa shape index (κ1) is 26.5.